The lowest BCUT2D eigenvalue weighted by Crippen LogP contribution is -2.21. The van der Waals surface area contributed by atoms with Crippen molar-refractivity contribution in [2.75, 3.05) is 26.0 Å². The Morgan fingerprint density at radius 1 is 1.00 bits per heavy atom. The van der Waals surface area contributed by atoms with E-state index in [4.69, 9.17) is 0 Å². The zero-order valence-corrected chi connectivity index (χ0v) is 13.6. The van der Waals surface area contributed by atoms with Crippen LogP contribution in [0.1, 0.15) is 18.9 Å². The van der Waals surface area contributed by atoms with E-state index < -0.39 is 0 Å². The van der Waals surface area contributed by atoms with Gasteiger partial charge in [0, 0.05) is 25.8 Å². The van der Waals surface area contributed by atoms with Crippen molar-refractivity contribution in [1.82, 2.24) is 5.32 Å². The number of hydrogen-bond donors (Lipinski definition) is 1. The minimum absolute atomic E-state index is 0.563. The van der Waals surface area contributed by atoms with Crippen molar-refractivity contribution in [3.63, 3.8) is 0 Å². The van der Waals surface area contributed by atoms with Gasteiger partial charge in [-0.05, 0) is 55.6 Å². The van der Waals surface area contributed by atoms with Crippen LogP contribution < -0.4 is 10.2 Å². The fourth-order valence-electron chi connectivity index (χ4n) is 2.39. The Hall–Kier alpha value is -1.80. The van der Waals surface area contributed by atoms with Gasteiger partial charge in [0.1, 0.15) is 0 Å². The van der Waals surface area contributed by atoms with Gasteiger partial charge in [0.25, 0.3) is 0 Å². The second kappa shape index (κ2) is 7.28. The average molecular weight is 282 g/mol. The van der Waals surface area contributed by atoms with Crippen molar-refractivity contribution < 1.29 is 0 Å². The maximum atomic E-state index is 3.29. The Kier molecular flexibility index (Phi) is 5.40. The van der Waals surface area contributed by atoms with Crippen LogP contribution >= 0.6 is 0 Å². The number of anilines is 1. The Labute approximate surface area is 128 Å². The third-order valence-corrected chi connectivity index (χ3v) is 4.00. The Morgan fingerprint density at radius 2 is 1.71 bits per heavy atom. The number of nitrogens with zero attached hydrogens (tertiary/aromatic N) is 1. The molecule has 2 nitrogen and oxygen atoms in total. The summed E-state index contributed by atoms with van der Waals surface area (Å²) in [5.74, 6) is 0. The largest absolute Gasteiger partial charge is 0.378 e. The smallest absolute Gasteiger partial charge is 0.0361 e. The third kappa shape index (κ3) is 4.33. The second-order valence-electron chi connectivity index (χ2n) is 5.87. The highest BCUT2D eigenvalue weighted by Crippen LogP contribution is 2.23. The molecule has 2 heteroatoms. The van der Waals surface area contributed by atoms with Gasteiger partial charge in [-0.3, -0.25) is 0 Å². The maximum absolute atomic E-state index is 3.29. The minimum Gasteiger partial charge on any atom is -0.378 e. The maximum Gasteiger partial charge on any atom is 0.0361 e. The monoisotopic (exact) mass is 282 g/mol. The van der Waals surface area contributed by atoms with Crippen LogP contribution in [0.3, 0.4) is 0 Å². The molecule has 0 fully saturated rings. The normalized spacial score (nSPS) is 12.2. The molecule has 0 radical (unpaired) electrons. The van der Waals surface area contributed by atoms with E-state index in [2.05, 4.69) is 79.8 Å². The minimum atomic E-state index is 0.563. The predicted octanol–water partition coefficient (Wildman–Crippen LogP) is 3.96. The zero-order chi connectivity index (χ0) is 15.2. The Morgan fingerprint density at radius 3 is 2.33 bits per heavy atom. The summed E-state index contributed by atoms with van der Waals surface area (Å²) < 4.78 is 0. The van der Waals surface area contributed by atoms with Crippen molar-refractivity contribution in [3.8, 4) is 11.1 Å². The van der Waals surface area contributed by atoms with E-state index in [1.54, 1.807) is 0 Å². The first kappa shape index (κ1) is 15.6. The summed E-state index contributed by atoms with van der Waals surface area (Å²) in [7, 11) is 6.16. The molecule has 0 spiro atoms. The van der Waals surface area contributed by atoms with E-state index in [0.29, 0.717) is 6.04 Å². The van der Waals surface area contributed by atoms with Gasteiger partial charge in [-0.15, -0.1) is 0 Å². The molecule has 2 aromatic carbocycles. The van der Waals surface area contributed by atoms with E-state index in [1.165, 1.54) is 28.8 Å². The molecule has 0 amide bonds. The van der Waals surface area contributed by atoms with E-state index >= 15 is 0 Å². The van der Waals surface area contributed by atoms with Crippen LogP contribution in [0, 0.1) is 0 Å². The van der Waals surface area contributed by atoms with Gasteiger partial charge in [0.2, 0.25) is 0 Å². The highest BCUT2D eigenvalue weighted by Gasteiger charge is 2.03. The molecule has 0 aromatic heterocycles. The second-order valence-corrected chi connectivity index (χ2v) is 5.87. The molecule has 112 valence electrons. The van der Waals surface area contributed by atoms with Crippen LogP contribution in [-0.4, -0.2) is 27.2 Å². The van der Waals surface area contributed by atoms with E-state index in [9.17, 15) is 0 Å². The van der Waals surface area contributed by atoms with Gasteiger partial charge in [-0.2, -0.15) is 0 Å². The first-order valence-corrected chi connectivity index (χ1v) is 7.64. The molecule has 0 heterocycles. The topological polar surface area (TPSA) is 15.3 Å². The zero-order valence-electron chi connectivity index (χ0n) is 13.6. The highest BCUT2D eigenvalue weighted by atomic mass is 15.1. The van der Waals surface area contributed by atoms with Crippen molar-refractivity contribution in [2.24, 2.45) is 0 Å². The number of nitrogens with one attached hydrogen (secondary N) is 1. The fourth-order valence-corrected chi connectivity index (χ4v) is 2.39. The van der Waals surface area contributed by atoms with Crippen LogP contribution in [0.2, 0.25) is 0 Å². The third-order valence-electron chi connectivity index (χ3n) is 4.00. The predicted molar refractivity (Wildman–Crippen MR) is 93.0 cm³/mol. The molecule has 0 aliphatic heterocycles. The molecule has 0 aliphatic carbocycles. The van der Waals surface area contributed by atoms with E-state index in [-0.39, 0.29) is 0 Å². The van der Waals surface area contributed by atoms with Gasteiger partial charge in [-0.25, -0.2) is 0 Å². The molecular weight excluding hydrogens is 256 g/mol. The Balaban J connectivity index is 2.13. The average Bonchev–Trinajstić information content (AvgIpc) is 2.53. The summed E-state index contributed by atoms with van der Waals surface area (Å²) in [5, 5.41) is 3.29. The number of hydrogen-bond acceptors (Lipinski definition) is 2. The van der Waals surface area contributed by atoms with Crippen LogP contribution in [0.15, 0.2) is 48.5 Å². The highest BCUT2D eigenvalue weighted by molar-refractivity contribution is 5.66. The fraction of sp³-hybridized carbons (Fsp3) is 0.368. The number of benzene rings is 2. The molecule has 21 heavy (non-hydrogen) atoms. The van der Waals surface area contributed by atoms with Gasteiger partial charge >= 0.3 is 0 Å². The van der Waals surface area contributed by atoms with Crippen molar-refractivity contribution >= 4 is 5.69 Å². The molecule has 0 saturated heterocycles. The molecule has 2 aromatic rings. The molecule has 0 aliphatic rings. The van der Waals surface area contributed by atoms with E-state index in [1.807, 2.05) is 7.05 Å². The van der Waals surface area contributed by atoms with Gasteiger partial charge in [0.15, 0.2) is 0 Å². The molecule has 0 bridgehead atoms. The molecular formula is C19H26N2. The van der Waals surface area contributed by atoms with Crippen molar-refractivity contribution in [2.45, 2.75) is 25.8 Å². The van der Waals surface area contributed by atoms with E-state index in [0.717, 1.165) is 6.42 Å². The molecule has 0 saturated carbocycles. The van der Waals surface area contributed by atoms with Crippen molar-refractivity contribution in [1.29, 1.82) is 0 Å². The summed E-state index contributed by atoms with van der Waals surface area (Å²) in [5.41, 5.74) is 5.23. The SMILES string of the molecule is CNC(C)CCc1cccc(-c2ccc(N(C)C)cc2)c1. The van der Waals surface area contributed by atoms with Gasteiger partial charge in [-0.1, -0.05) is 36.4 Å². The summed E-state index contributed by atoms with van der Waals surface area (Å²) in [4.78, 5) is 2.12. The quantitative estimate of drug-likeness (QED) is 0.862. The van der Waals surface area contributed by atoms with Gasteiger partial charge < -0.3 is 10.2 Å². The van der Waals surface area contributed by atoms with Crippen LogP contribution in [0.5, 0.6) is 0 Å². The van der Waals surface area contributed by atoms with Crippen molar-refractivity contribution in [3.05, 3.63) is 54.1 Å². The lowest BCUT2D eigenvalue weighted by atomic mass is 9.99. The summed E-state index contributed by atoms with van der Waals surface area (Å²) in [6.07, 6.45) is 2.28. The first-order chi connectivity index (χ1) is 10.1. The summed E-state index contributed by atoms with van der Waals surface area (Å²) >= 11 is 0. The molecule has 1 N–H and O–H groups in total. The lowest BCUT2D eigenvalue weighted by molar-refractivity contribution is 0.565. The number of aryl methyl sites for hydroxylation is 1. The molecule has 1 unspecified atom stereocenters. The van der Waals surface area contributed by atoms with Crippen LogP contribution in [-0.2, 0) is 6.42 Å². The summed E-state index contributed by atoms with van der Waals surface area (Å²) in [6, 6.07) is 18.2. The lowest BCUT2D eigenvalue weighted by Gasteiger charge is -2.13. The first-order valence-electron chi connectivity index (χ1n) is 7.64. The molecule has 1 atom stereocenters. The summed E-state index contributed by atoms with van der Waals surface area (Å²) in [6.45, 7) is 2.23. The molecule has 2 rings (SSSR count). The Bertz CT molecular complexity index is 558. The van der Waals surface area contributed by atoms with Crippen LogP contribution in [0.4, 0.5) is 5.69 Å². The van der Waals surface area contributed by atoms with Gasteiger partial charge in [0.05, 0.1) is 0 Å². The standard InChI is InChI=1S/C19H26N2/c1-15(20-2)8-9-16-6-5-7-18(14-16)17-10-12-19(13-11-17)21(3)4/h5-7,10-15,20H,8-9H2,1-4H3. The number of rotatable bonds is 6. The van der Waals surface area contributed by atoms with Crippen LogP contribution in [0.25, 0.3) is 11.1 Å².